The van der Waals surface area contributed by atoms with Gasteiger partial charge in [-0.1, -0.05) is 35.5 Å². The number of hydrogen-bond acceptors (Lipinski definition) is 3. The van der Waals surface area contributed by atoms with Crippen LogP contribution in [0.2, 0.25) is 0 Å². The SMILES string of the molecule is Cc1cccc(NC(=O)Cc2cnnn2-c2ccccc2)c1. The smallest absolute Gasteiger partial charge is 0.230 e. The van der Waals surface area contributed by atoms with Crippen LogP contribution in [-0.2, 0) is 11.2 Å². The summed E-state index contributed by atoms with van der Waals surface area (Å²) in [6.45, 7) is 1.99. The van der Waals surface area contributed by atoms with E-state index in [0.717, 1.165) is 22.6 Å². The highest BCUT2D eigenvalue weighted by atomic mass is 16.1. The first-order chi connectivity index (χ1) is 10.7. The lowest BCUT2D eigenvalue weighted by Gasteiger charge is -2.07. The van der Waals surface area contributed by atoms with Crippen molar-refractivity contribution < 1.29 is 4.79 Å². The summed E-state index contributed by atoms with van der Waals surface area (Å²) >= 11 is 0. The van der Waals surface area contributed by atoms with Gasteiger partial charge in [-0.05, 0) is 36.8 Å². The highest BCUT2D eigenvalue weighted by Crippen LogP contribution is 2.12. The molecule has 1 aromatic heterocycles. The minimum atomic E-state index is -0.0925. The molecule has 22 heavy (non-hydrogen) atoms. The van der Waals surface area contributed by atoms with Crippen molar-refractivity contribution in [2.24, 2.45) is 0 Å². The van der Waals surface area contributed by atoms with Gasteiger partial charge in [-0.25, -0.2) is 4.68 Å². The van der Waals surface area contributed by atoms with Gasteiger partial charge in [0.1, 0.15) is 0 Å². The van der Waals surface area contributed by atoms with Gasteiger partial charge in [0, 0.05) is 5.69 Å². The largest absolute Gasteiger partial charge is 0.326 e. The third-order valence-corrected chi connectivity index (χ3v) is 3.26. The quantitative estimate of drug-likeness (QED) is 0.804. The van der Waals surface area contributed by atoms with Crippen molar-refractivity contribution in [2.45, 2.75) is 13.3 Å². The maximum atomic E-state index is 12.2. The van der Waals surface area contributed by atoms with Crippen LogP contribution in [0.15, 0.2) is 60.8 Å². The predicted octanol–water partition coefficient (Wildman–Crippen LogP) is 2.76. The van der Waals surface area contributed by atoms with E-state index in [-0.39, 0.29) is 12.3 Å². The summed E-state index contributed by atoms with van der Waals surface area (Å²) in [5, 5.41) is 10.8. The Labute approximate surface area is 128 Å². The molecule has 0 saturated heterocycles. The monoisotopic (exact) mass is 292 g/mol. The molecule has 0 bridgehead atoms. The summed E-state index contributed by atoms with van der Waals surface area (Å²) in [7, 11) is 0. The lowest BCUT2D eigenvalue weighted by Crippen LogP contribution is -2.16. The average molecular weight is 292 g/mol. The lowest BCUT2D eigenvalue weighted by atomic mass is 10.2. The molecule has 0 fully saturated rings. The molecule has 1 N–H and O–H groups in total. The van der Waals surface area contributed by atoms with E-state index < -0.39 is 0 Å². The number of aryl methyl sites for hydroxylation is 1. The molecule has 0 saturated carbocycles. The maximum Gasteiger partial charge on any atom is 0.230 e. The second kappa shape index (κ2) is 6.22. The van der Waals surface area contributed by atoms with Gasteiger partial charge in [-0.3, -0.25) is 4.79 Å². The van der Waals surface area contributed by atoms with E-state index in [1.54, 1.807) is 10.9 Å². The van der Waals surface area contributed by atoms with Crippen LogP contribution in [0.4, 0.5) is 5.69 Å². The zero-order valence-electron chi connectivity index (χ0n) is 12.2. The number of carbonyl (C=O) groups excluding carboxylic acids is 1. The Bertz CT molecular complexity index is 780. The van der Waals surface area contributed by atoms with Gasteiger partial charge in [-0.15, -0.1) is 5.10 Å². The summed E-state index contributed by atoms with van der Waals surface area (Å²) in [5.41, 5.74) is 3.53. The minimum absolute atomic E-state index is 0.0925. The number of aromatic nitrogens is 3. The molecule has 110 valence electrons. The Morgan fingerprint density at radius 1 is 1.14 bits per heavy atom. The minimum Gasteiger partial charge on any atom is -0.326 e. The van der Waals surface area contributed by atoms with E-state index in [1.165, 1.54) is 0 Å². The van der Waals surface area contributed by atoms with Gasteiger partial charge in [0.15, 0.2) is 0 Å². The molecule has 3 aromatic rings. The maximum absolute atomic E-state index is 12.2. The Hall–Kier alpha value is -2.95. The van der Waals surface area contributed by atoms with Crippen LogP contribution in [0, 0.1) is 6.92 Å². The van der Waals surface area contributed by atoms with Crippen molar-refractivity contribution >= 4 is 11.6 Å². The van der Waals surface area contributed by atoms with Crippen LogP contribution < -0.4 is 5.32 Å². The molecule has 1 heterocycles. The fourth-order valence-electron chi connectivity index (χ4n) is 2.26. The lowest BCUT2D eigenvalue weighted by molar-refractivity contribution is -0.115. The third kappa shape index (κ3) is 3.20. The molecule has 1 amide bonds. The summed E-state index contributed by atoms with van der Waals surface area (Å²) in [5.74, 6) is -0.0925. The van der Waals surface area contributed by atoms with E-state index in [2.05, 4.69) is 15.6 Å². The van der Waals surface area contributed by atoms with Crippen LogP contribution in [0.3, 0.4) is 0 Å². The first-order valence-electron chi connectivity index (χ1n) is 7.04. The first kappa shape index (κ1) is 14.0. The Morgan fingerprint density at radius 2 is 1.95 bits per heavy atom. The normalized spacial score (nSPS) is 10.4. The molecule has 0 unspecified atom stereocenters. The topological polar surface area (TPSA) is 59.8 Å². The van der Waals surface area contributed by atoms with Crippen molar-refractivity contribution in [3.8, 4) is 5.69 Å². The van der Waals surface area contributed by atoms with Crippen molar-refractivity contribution in [1.29, 1.82) is 0 Å². The average Bonchev–Trinajstić information content (AvgIpc) is 2.96. The fourth-order valence-corrected chi connectivity index (χ4v) is 2.26. The number of amides is 1. The molecule has 0 spiro atoms. The van der Waals surface area contributed by atoms with Crippen LogP contribution in [-0.4, -0.2) is 20.9 Å². The highest BCUT2D eigenvalue weighted by molar-refractivity contribution is 5.92. The molecule has 2 aromatic carbocycles. The summed E-state index contributed by atoms with van der Waals surface area (Å²) < 4.78 is 1.68. The van der Waals surface area contributed by atoms with Crippen LogP contribution in [0.5, 0.6) is 0 Å². The number of nitrogens with zero attached hydrogens (tertiary/aromatic N) is 3. The summed E-state index contributed by atoms with van der Waals surface area (Å²) in [6, 6.07) is 17.4. The number of carbonyl (C=O) groups is 1. The van der Waals surface area contributed by atoms with Crippen molar-refractivity contribution in [2.75, 3.05) is 5.32 Å². The third-order valence-electron chi connectivity index (χ3n) is 3.26. The molecular formula is C17H16N4O. The van der Waals surface area contributed by atoms with Crippen molar-refractivity contribution in [3.63, 3.8) is 0 Å². The summed E-state index contributed by atoms with van der Waals surface area (Å²) in [6.07, 6.45) is 1.83. The fraction of sp³-hybridized carbons (Fsp3) is 0.118. The van der Waals surface area contributed by atoms with Gasteiger partial charge in [0.2, 0.25) is 5.91 Å². The van der Waals surface area contributed by atoms with E-state index in [4.69, 9.17) is 0 Å². The number of para-hydroxylation sites is 1. The first-order valence-corrected chi connectivity index (χ1v) is 7.04. The van der Waals surface area contributed by atoms with Gasteiger partial charge in [-0.2, -0.15) is 0 Å². The molecule has 3 rings (SSSR count). The zero-order valence-corrected chi connectivity index (χ0v) is 12.2. The predicted molar refractivity (Wildman–Crippen MR) is 84.9 cm³/mol. The highest BCUT2D eigenvalue weighted by Gasteiger charge is 2.11. The number of benzene rings is 2. The van der Waals surface area contributed by atoms with Gasteiger partial charge in [0.05, 0.1) is 24.0 Å². The van der Waals surface area contributed by atoms with Gasteiger partial charge < -0.3 is 5.32 Å². The van der Waals surface area contributed by atoms with Crippen LogP contribution >= 0.6 is 0 Å². The van der Waals surface area contributed by atoms with E-state index >= 15 is 0 Å². The molecule has 0 aliphatic rings. The number of hydrogen-bond donors (Lipinski definition) is 1. The number of rotatable bonds is 4. The molecular weight excluding hydrogens is 276 g/mol. The van der Waals surface area contributed by atoms with E-state index in [1.807, 2.05) is 61.5 Å². The van der Waals surface area contributed by atoms with Crippen LogP contribution in [0.1, 0.15) is 11.3 Å². The van der Waals surface area contributed by atoms with Gasteiger partial charge in [0.25, 0.3) is 0 Å². The molecule has 5 nitrogen and oxygen atoms in total. The van der Waals surface area contributed by atoms with Crippen molar-refractivity contribution in [3.05, 3.63) is 72.1 Å². The molecule has 0 atom stereocenters. The number of anilines is 1. The molecule has 0 aliphatic carbocycles. The second-order valence-electron chi connectivity index (χ2n) is 5.07. The van der Waals surface area contributed by atoms with E-state index in [0.29, 0.717) is 0 Å². The Kier molecular flexibility index (Phi) is 3.96. The Morgan fingerprint density at radius 3 is 2.73 bits per heavy atom. The van der Waals surface area contributed by atoms with Crippen LogP contribution in [0.25, 0.3) is 5.69 Å². The van der Waals surface area contributed by atoms with E-state index in [9.17, 15) is 4.79 Å². The number of nitrogens with one attached hydrogen (secondary N) is 1. The standard InChI is InChI=1S/C17H16N4O/c1-13-6-5-7-14(10-13)19-17(22)11-16-12-18-20-21(16)15-8-3-2-4-9-15/h2-10,12H,11H2,1H3,(H,19,22). The molecule has 0 aliphatic heterocycles. The molecule has 5 heteroatoms. The Balaban J connectivity index is 1.74. The second-order valence-corrected chi connectivity index (χ2v) is 5.07. The van der Waals surface area contributed by atoms with Gasteiger partial charge >= 0.3 is 0 Å². The molecule has 0 radical (unpaired) electrons. The van der Waals surface area contributed by atoms with Crippen molar-refractivity contribution in [1.82, 2.24) is 15.0 Å². The summed E-state index contributed by atoms with van der Waals surface area (Å²) in [4.78, 5) is 12.2. The zero-order chi connectivity index (χ0) is 15.4.